The normalized spacial score (nSPS) is 15.9. The molecule has 0 aromatic carbocycles. The first-order valence-electron chi connectivity index (χ1n) is 5.59. The van der Waals surface area contributed by atoms with Gasteiger partial charge in [0, 0.05) is 23.7 Å². The summed E-state index contributed by atoms with van der Waals surface area (Å²) in [7, 11) is -1.03. The predicted molar refractivity (Wildman–Crippen MR) is 80.8 cm³/mol. The quantitative estimate of drug-likeness (QED) is 0.846. The minimum Gasteiger partial charge on any atom is -0.326 e. The van der Waals surface area contributed by atoms with Crippen molar-refractivity contribution in [3.63, 3.8) is 0 Å². The Morgan fingerprint density at radius 2 is 2.11 bits per heavy atom. The highest BCUT2D eigenvalue weighted by Crippen LogP contribution is 2.31. The summed E-state index contributed by atoms with van der Waals surface area (Å²) in [5.74, 6) is 0.152. The smallest absolute Gasteiger partial charge is 0.148 e. The van der Waals surface area contributed by atoms with Gasteiger partial charge in [0.1, 0.15) is 9.84 Å². The summed E-state index contributed by atoms with van der Waals surface area (Å²) in [4.78, 5) is 3.15. The molecule has 0 saturated heterocycles. The van der Waals surface area contributed by atoms with Gasteiger partial charge in [-0.1, -0.05) is 0 Å². The van der Waals surface area contributed by atoms with Gasteiger partial charge in [-0.05, 0) is 42.0 Å². The Hall–Kier alpha value is 0.0500. The van der Waals surface area contributed by atoms with E-state index >= 15 is 0 Å². The van der Waals surface area contributed by atoms with Gasteiger partial charge in [-0.2, -0.15) is 0 Å². The van der Waals surface area contributed by atoms with Crippen molar-refractivity contribution < 1.29 is 8.42 Å². The maximum atomic E-state index is 11.2. The summed E-state index contributed by atoms with van der Waals surface area (Å²) in [6.07, 6.45) is 1.25. The van der Waals surface area contributed by atoms with Crippen LogP contribution in [-0.4, -0.2) is 45.0 Å². The van der Waals surface area contributed by atoms with E-state index in [2.05, 4.69) is 15.9 Å². The lowest BCUT2D eigenvalue weighted by molar-refractivity contribution is 0.234. The Kier molecular flexibility index (Phi) is 5.79. The molecule has 1 heterocycles. The molecule has 1 aromatic heterocycles. The average Bonchev–Trinajstić information content (AvgIpc) is 2.60. The van der Waals surface area contributed by atoms with E-state index in [0.717, 1.165) is 8.66 Å². The Morgan fingerprint density at radius 1 is 1.50 bits per heavy atom. The van der Waals surface area contributed by atoms with Gasteiger partial charge in [0.05, 0.1) is 15.6 Å². The molecule has 0 amide bonds. The summed E-state index contributed by atoms with van der Waals surface area (Å²) < 4.78 is 23.5. The number of hydrogen-bond donors (Lipinski definition) is 1. The van der Waals surface area contributed by atoms with Crippen LogP contribution in [0.1, 0.15) is 17.8 Å². The fourth-order valence-electron chi connectivity index (χ4n) is 1.81. The zero-order chi connectivity index (χ0) is 13.9. The number of nitrogens with zero attached hydrogens (tertiary/aromatic N) is 1. The summed E-state index contributed by atoms with van der Waals surface area (Å²) in [6.45, 7) is 2.43. The Morgan fingerprint density at radius 3 is 2.50 bits per heavy atom. The number of halogens is 1. The monoisotopic (exact) mass is 354 g/mol. The van der Waals surface area contributed by atoms with E-state index in [0.29, 0.717) is 6.54 Å². The third-order valence-corrected chi connectivity index (χ3v) is 5.29. The summed E-state index contributed by atoms with van der Waals surface area (Å²) in [5, 5.41) is 0. The minimum absolute atomic E-state index is 0.0445. The molecule has 1 rings (SSSR count). The molecular formula is C11H19BrN2O2S2. The van der Waals surface area contributed by atoms with Crippen molar-refractivity contribution in [2.45, 2.75) is 19.0 Å². The molecule has 2 unspecified atom stereocenters. The van der Waals surface area contributed by atoms with E-state index in [4.69, 9.17) is 5.73 Å². The maximum Gasteiger partial charge on any atom is 0.148 e. The molecule has 18 heavy (non-hydrogen) atoms. The van der Waals surface area contributed by atoms with Gasteiger partial charge in [-0.25, -0.2) is 8.42 Å². The highest BCUT2D eigenvalue weighted by Gasteiger charge is 2.23. The number of thiophene rings is 1. The van der Waals surface area contributed by atoms with Crippen LogP contribution in [0.15, 0.2) is 15.9 Å². The Balaban J connectivity index is 2.79. The minimum atomic E-state index is -2.94. The van der Waals surface area contributed by atoms with Gasteiger partial charge < -0.3 is 5.73 Å². The second kappa shape index (κ2) is 6.47. The maximum absolute atomic E-state index is 11.2. The second-order valence-corrected chi connectivity index (χ2v) is 9.31. The summed E-state index contributed by atoms with van der Waals surface area (Å²) >= 11 is 5.06. The summed E-state index contributed by atoms with van der Waals surface area (Å²) in [5.41, 5.74) is 6.02. The van der Waals surface area contributed by atoms with Crippen molar-refractivity contribution in [1.29, 1.82) is 0 Å². The predicted octanol–water partition coefficient (Wildman–Crippen LogP) is 1.88. The van der Waals surface area contributed by atoms with Gasteiger partial charge in [-0.15, -0.1) is 11.3 Å². The van der Waals surface area contributed by atoms with Crippen LogP contribution in [0.3, 0.4) is 0 Å². The van der Waals surface area contributed by atoms with E-state index in [1.54, 1.807) is 11.3 Å². The highest BCUT2D eigenvalue weighted by molar-refractivity contribution is 9.11. The molecule has 0 aliphatic heterocycles. The molecule has 0 spiro atoms. The molecular weight excluding hydrogens is 336 g/mol. The van der Waals surface area contributed by atoms with Crippen molar-refractivity contribution in [3.05, 3.63) is 20.8 Å². The molecule has 2 N–H and O–H groups in total. The second-order valence-electron chi connectivity index (χ2n) is 4.56. The van der Waals surface area contributed by atoms with E-state index in [1.165, 1.54) is 6.26 Å². The molecule has 104 valence electrons. The molecule has 7 heteroatoms. The van der Waals surface area contributed by atoms with Crippen molar-refractivity contribution in [2.24, 2.45) is 5.73 Å². The molecule has 0 radical (unpaired) electrons. The van der Waals surface area contributed by atoms with Crippen LogP contribution < -0.4 is 5.73 Å². The van der Waals surface area contributed by atoms with E-state index in [1.807, 2.05) is 31.0 Å². The Labute approximate surface area is 121 Å². The molecule has 2 atom stereocenters. The lowest BCUT2D eigenvalue weighted by atomic mass is 10.1. The van der Waals surface area contributed by atoms with Gasteiger partial charge in [-0.3, -0.25) is 4.90 Å². The van der Waals surface area contributed by atoms with Crippen LogP contribution in [0.2, 0.25) is 0 Å². The number of nitrogens with two attached hydrogens (primary N) is 1. The van der Waals surface area contributed by atoms with E-state index < -0.39 is 9.84 Å². The standard InChI is InChI=1S/C11H19BrN2O2S2/c1-8(13)11(9-4-5-10(12)17-9)14(2)6-7-18(3,15)16/h4-5,8,11H,6-7,13H2,1-3H3. The first-order valence-corrected chi connectivity index (χ1v) is 9.26. The fourth-order valence-corrected chi connectivity index (χ4v) is 4.14. The molecule has 0 fully saturated rings. The third-order valence-electron chi connectivity index (χ3n) is 2.67. The SMILES string of the molecule is CC(N)C(c1ccc(Br)s1)N(C)CCS(C)(=O)=O. The van der Waals surface area contributed by atoms with Crippen LogP contribution in [0.5, 0.6) is 0 Å². The van der Waals surface area contributed by atoms with Gasteiger partial charge in [0.2, 0.25) is 0 Å². The van der Waals surface area contributed by atoms with E-state index in [-0.39, 0.29) is 17.8 Å². The fraction of sp³-hybridized carbons (Fsp3) is 0.636. The summed E-state index contributed by atoms with van der Waals surface area (Å²) in [6, 6.07) is 4.00. The average molecular weight is 355 g/mol. The number of rotatable bonds is 6. The van der Waals surface area contributed by atoms with Crippen LogP contribution in [-0.2, 0) is 9.84 Å². The van der Waals surface area contributed by atoms with Crippen molar-refractivity contribution in [3.8, 4) is 0 Å². The van der Waals surface area contributed by atoms with Crippen molar-refractivity contribution in [1.82, 2.24) is 4.90 Å². The van der Waals surface area contributed by atoms with Gasteiger partial charge in [0.15, 0.2) is 0 Å². The lowest BCUT2D eigenvalue weighted by Gasteiger charge is -2.30. The molecule has 4 nitrogen and oxygen atoms in total. The lowest BCUT2D eigenvalue weighted by Crippen LogP contribution is -2.38. The molecule has 0 bridgehead atoms. The molecule has 1 aromatic rings. The third kappa shape index (κ3) is 4.97. The first kappa shape index (κ1) is 16.1. The largest absolute Gasteiger partial charge is 0.326 e. The molecule has 0 aliphatic rings. The van der Waals surface area contributed by atoms with Crippen molar-refractivity contribution in [2.75, 3.05) is 25.6 Å². The van der Waals surface area contributed by atoms with Crippen LogP contribution in [0.25, 0.3) is 0 Å². The van der Waals surface area contributed by atoms with Crippen LogP contribution in [0, 0.1) is 0 Å². The first-order chi connectivity index (χ1) is 8.20. The number of likely N-dealkylation sites (N-methyl/N-ethyl adjacent to an activating group) is 1. The zero-order valence-electron chi connectivity index (χ0n) is 10.8. The van der Waals surface area contributed by atoms with Crippen molar-refractivity contribution >= 4 is 37.1 Å². The number of hydrogen-bond acceptors (Lipinski definition) is 5. The molecule has 0 saturated carbocycles. The number of sulfone groups is 1. The highest BCUT2D eigenvalue weighted by atomic mass is 79.9. The van der Waals surface area contributed by atoms with Gasteiger partial charge >= 0.3 is 0 Å². The topological polar surface area (TPSA) is 63.4 Å². The van der Waals surface area contributed by atoms with Crippen LogP contribution in [0.4, 0.5) is 0 Å². The van der Waals surface area contributed by atoms with Crippen LogP contribution >= 0.6 is 27.3 Å². The molecule has 0 aliphatic carbocycles. The zero-order valence-corrected chi connectivity index (χ0v) is 14.0. The Bertz CT molecular complexity index is 485. The van der Waals surface area contributed by atoms with Gasteiger partial charge in [0.25, 0.3) is 0 Å². The van der Waals surface area contributed by atoms with E-state index in [9.17, 15) is 8.42 Å².